The highest BCUT2D eigenvalue weighted by Crippen LogP contribution is 2.47. The number of ether oxygens (including phenoxy) is 1. The lowest BCUT2D eigenvalue weighted by Gasteiger charge is -2.48. The van der Waals surface area contributed by atoms with Crippen LogP contribution in [-0.2, 0) is 14.3 Å². The summed E-state index contributed by atoms with van der Waals surface area (Å²) in [4.78, 5) is 23.7. The van der Waals surface area contributed by atoms with Crippen LogP contribution in [0.3, 0.4) is 0 Å². The van der Waals surface area contributed by atoms with Crippen LogP contribution in [0.1, 0.15) is 39.2 Å². The highest BCUT2D eigenvalue weighted by Gasteiger charge is 2.51. The molecular formula is C23H26ClFO4. The van der Waals surface area contributed by atoms with Crippen LogP contribution in [0.4, 0.5) is 4.39 Å². The number of methoxy groups -OCH3 is 1. The molecule has 0 aliphatic heterocycles. The Balaban J connectivity index is 2.39. The number of rotatable bonds is 5. The maximum Gasteiger partial charge on any atom is 0.330 e. The van der Waals surface area contributed by atoms with Gasteiger partial charge in [-0.15, -0.1) is 0 Å². The van der Waals surface area contributed by atoms with Crippen molar-refractivity contribution in [2.45, 2.75) is 39.2 Å². The van der Waals surface area contributed by atoms with Gasteiger partial charge in [0.15, 0.2) is 0 Å². The van der Waals surface area contributed by atoms with Gasteiger partial charge in [-0.1, -0.05) is 55.8 Å². The molecule has 0 aromatic heterocycles. The van der Waals surface area contributed by atoms with Crippen LogP contribution >= 0.6 is 11.6 Å². The first-order chi connectivity index (χ1) is 13.5. The van der Waals surface area contributed by atoms with Crippen molar-refractivity contribution in [3.05, 3.63) is 64.5 Å². The molecule has 2 atom stereocenters. The van der Waals surface area contributed by atoms with Gasteiger partial charge in [-0.3, -0.25) is 4.79 Å². The highest BCUT2D eigenvalue weighted by atomic mass is 35.5. The SMILES string of the molecule is COC(=O)/C=C(C)\C=C\[C@@]1(O)C(/C=C/c2ccc(Cl)c(F)c2)CC(=O)CC1(C)C. The lowest BCUT2D eigenvalue weighted by molar-refractivity contribution is -0.140. The average Bonchev–Trinajstić information content (AvgIpc) is 2.64. The summed E-state index contributed by atoms with van der Waals surface area (Å²) < 4.78 is 18.3. The summed E-state index contributed by atoms with van der Waals surface area (Å²) in [6.07, 6.45) is 8.40. The normalized spacial score (nSPS) is 25.0. The summed E-state index contributed by atoms with van der Waals surface area (Å²) in [5, 5.41) is 11.6. The highest BCUT2D eigenvalue weighted by molar-refractivity contribution is 6.30. The van der Waals surface area contributed by atoms with Crippen LogP contribution in [0.25, 0.3) is 6.08 Å². The van der Waals surface area contributed by atoms with Gasteiger partial charge in [-0.05, 0) is 30.2 Å². The molecule has 156 valence electrons. The standard InChI is InChI=1S/C23H26ClFO4/c1-15(11-21(27)29-4)9-10-23(28)17(13-18(26)14-22(23,2)3)7-5-16-6-8-19(24)20(25)12-16/h5-12,17,28H,13-14H2,1-4H3/b7-5+,10-9+,15-11-/t17?,23-/m1/s1. The van der Waals surface area contributed by atoms with Crippen molar-refractivity contribution in [1.29, 1.82) is 0 Å². The number of benzene rings is 1. The molecule has 0 bridgehead atoms. The summed E-state index contributed by atoms with van der Waals surface area (Å²) >= 11 is 5.72. The minimum Gasteiger partial charge on any atom is -0.466 e. The molecule has 29 heavy (non-hydrogen) atoms. The number of hydrogen-bond acceptors (Lipinski definition) is 4. The number of halogens is 2. The first-order valence-electron chi connectivity index (χ1n) is 9.31. The van der Waals surface area contributed by atoms with Crippen LogP contribution in [0.5, 0.6) is 0 Å². The molecule has 1 aromatic carbocycles. The van der Waals surface area contributed by atoms with E-state index in [-0.39, 0.29) is 23.6 Å². The number of esters is 1. The first kappa shape index (κ1) is 23.0. The zero-order chi connectivity index (χ0) is 21.8. The molecule has 4 nitrogen and oxygen atoms in total. The summed E-state index contributed by atoms with van der Waals surface area (Å²) in [6.45, 7) is 5.38. The molecular weight excluding hydrogens is 395 g/mol. The van der Waals surface area contributed by atoms with E-state index in [4.69, 9.17) is 11.6 Å². The van der Waals surface area contributed by atoms with Gasteiger partial charge in [-0.25, -0.2) is 9.18 Å². The number of allylic oxidation sites excluding steroid dienone is 2. The fourth-order valence-electron chi connectivity index (χ4n) is 3.57. The Hall–Kier alpha value is -2.24. The molecule has 1 aromatic rings. The topological polar surface area (TPSA) is 63.6 Å². The Morgan fingerprint density at radius 2 is 2.07 bits per heavy atom. The molecule has 1 saturated carbocycles. The van der Waals surface area contributed by atoms with Crippen molar-refractivity contribution in [2.75, 3.05) is 7.11 Å². The number of Topliss-reactive ketones (excluding diaryl/α,β-unsaturated/α-hetero) is 1. The quantitative estimate of drug-likeness (QED) is 0.418. The van der Waals surface area contributed by atoms with E-state index in [0.717, 1.165) is 0 Å². The molecule has 1 aliphatic rings. The number of carbonyl (C=O) groups is 2. The fourth-order valence-corrected chi connectivity index (χ4v) is 3.69. The Kier molecular flexibility index (Phi) is 7.20. The van der Waals surface area contributed by atoms with E-state index in [1.54, 1.807) is 37.3 Å². The predicted molar refractivity (Wildman–Crippen MR) is 112 cm³/mol. The molecule has 0 saturated heterocycles. The van der Waals surface area contributed by atoms with E-state index in [9.17, 15) is 19.1 Å². The van der Waals surface area contributed by atoms with E-state index in [2.05, 4.69) is 4.74 Å². The number of carbonyl (C=O) groups excluding carboxylic acids is 2. The van der Waals surface area contributed by atoms with Gasteiger partial charge >= 0.3 is 5.97 Å². The van der Waals surface area contributed by atoms with Crippen molar-refractivity contribution >= 4 is 29.4 Å². The molecule has 0 amide bonds. The zero-order valence-electron chi connectivity index (χ0n) is 17.0. The minimum absolute atomic E-state index is 0.0310. The summed E-state index contributed by atoms with van der Waals surface area (Å²) in [6, 6.07) is 4.42. The van der Waals surface area contributed by atoms with Crippen LogP contribution < -0.4 is 0 Å². The van der Waals surface area contributed by atoms with Gasteiger partial charge in [0.05, 0.1) is 17.7 Å². The maximum absolute atomic E-state index is 13.7. The fraction of sp³-hybridized carbons (Fsp3) is 0.391. The van der Waals surface area contributed by atoms with Crippen molar-refractivity contribution in [3.63, 3.8) is 0 Å². The van der Waals surface area contributed by atoms with E-state index in [1.165, 1.54) is 25.3 Å². The predicted octanol–water partition coefficient (Wildman–Crippen LogP) is 4.90. The van der Waals surface area contributed by atoms with Crippen LogP contribution in [0.2, 0.25) is 5.02 Å². The van der Waals surface area contributed by atoms with Crippen molar-refractivity contribution in [1.82, 2.24) is 0 Å². The Morgan fingerprint density at radius 1 is 1.38 bits per heavy atom. The van der Waals surface area contributed by atoms with Crippen molar-refractivity contribution in [3.8, 4) is 0 Å². The second-order valence-corrected chi connectivity index (χ2v) is 8.42. The Bertz CT molecular complexity index is 885. The zero-order valence-corrected chi connectivity index (χ0v) is 17.8. The van der Waals surface area contributed by atoms with Gasteiger partial charge in [0, 0.05) is 30.3 Å². The second-order valence-electron chi connectivity index (χ2n) is 8.01. The maximum atomic E-state index is 13.7. The molecule has 1 fully saturated rings. The molecule has 1 unspecified atom stereocenters. The van der Waals surface area contributed by atoms with Gasteiger partial charge in [0.2, 0.25) is 0 Å². The Morgan fingerprint density at radius 3 is 2.69 bits per heavy atom. The summed E-state index contributed by atoms with van der Waals surface area (Å²) in [5.41, 5.74) is -0.880. The minimum atomic E-state index is -1.34. The van der Waals surface area contributed by atoms with Gasteiger partial charge in [-0.2, -0.15) is 0 Å². The van der Waals surface area contributed by atoms with Crippen molar-refractivity contribution in [2.24, 2.45) is 11.3 Å². The summed E-state index contributed by atoms with van der Waals surface area (Å²) in [5.74, 6) is -1.49. The number of ketones is 1. The molecule has 6 heteroatoms. The smallest absolute Gasteiger partial charge is 0.330 e. The lowest BCUT2D eigenvalue weighted by atomic mass is 9.59. The second kappa shape index (κ2) is 9.06. The molecule has 0 heterocycles. The third-order valence-corrected chi connectivity index (χ3v) is 5.65. The van der Waals surface area contributed by atoms with Crippen LogP contribution in [-0.4, -0.2) is 29.6 Å². The van der Waals surface area contributed by atoms with E-state index in [0.29, 0.717) is 11.1 Å². The monoisotopic (exact) mass is 420 g/mol. The molecule has 0 spiro atoms. The lowest BCUT2D eigenvalue weighted by Crippen LogP contribution is -2.53. The van der Waals surface area contributed by atoms with E-state index < -0.39 is 28.7 Å². The first-order valence-corrected chi connectivity index (χ1v) is 9.69. The molecule has 1 aliphatic carbocycles. The van der Waals surface area contributed by atoms with E-state index >= 15 is 0 Å². The van der Waals surface area contributed by atoms with Gasteiger partial charge in [0.1, 0.15) is 11.6 Å². The third kappa shape index (κ3) is 5.43. The Labute approximate surface area is 175 Å². The third-order valence-electron chi connectivity index (χ3n) is 5.35. The number of aliphatic hydroxyl groups is 1. The van der Waals surface area contributed by atoms with Gasteiger partial charge in [0.25, 0.3) is 0 Å². The molecule has 2 rings (SSSR count). The summed E-state index contributed by atoms with van der Waals surface area (Å²) in [7, 11) is 1.29. The van der Waals surface area contributed by atoms with Crippen molar-refractivity contribution < 1.29 is 23.8 Å². The molecule has 0 radical (unpaired) electrons. The van der Waals surface area contributed by atoms with Gasteiger partial charge < -0.3 is 9.84 Å². The average molecular weight is 421 g/mol. The molecule has 1 N–H and O–H groups in total. The number of hydrogen-bond donors (Lipinski definition) is 1. The van der Waals surface area contributed by atoms with Crippen LogP contribution in [0.15, 0.2) is 48.1 Å². The largest absolute Gasteiger partial charge is 0.466 e. The van der Waals surface area contributed by atoms with E-state index in [1.807, 2.05) is 13.8 Å². The van der Waals surface area contributed by atoms with Crippen LogP contribution in [0, 0.1) is 17.2 Å².